The van der Waals surface area contributed by atoms with Crippen molar-refractivity contribution in [2.24, 2.45) is 9.98 Å². The first kappa shape index (κ1) is 29.5. The molecule has 0 saturated heterocycles. The standard InChI is InChI=1S/C16H23N3O4S2.2Na/c1-24-7-5-13(15(20)21)17-9-11-3-4-12(19-11)10-18-14(16(22)23)6-8-25-2;;/h3-4,9-10,13-14,19H,5-8H2,1-2H3,(H,20,21)(H,22,23);;/q;2*+1/p-2/t13-,14-;;/m0../s1. The summed E-state index contributed by atoms with van der Waals surface area (Å²) in [6, 6.07) is 1.65. The summed E-state index contributed by atoms with van der Waals surface area (Å²) >= 11 is 3.09. The molecule has 0 unspecified atom stereocenters. The Morgan fingerprint density at radius 1 is 0.963 bits per heavy atom. The Labute approximate surface area is 212 Å². The van der Waals surface area contributed by atoms with Gasteiger partial charge in [0.05, 0.1) is 35.4 Å². The van der Waals surface area contributed by atoms with Crippen LogP contribution in [0, 0.1) is 0 Å². The van der Waals surface area contributed by atoms with Gasteiger partial charge in [0.25, 0.3) is 0 Å². The van der Waals surface area contributed by atoms with Crippen molar-refractivity contribution < 1.29 is 78.9 Å². The van der Waals surface area contributed by atoms with E-state index in [1.165, 1.54) is 12.4 Å². The van der Waals surface area contributed by atoms with Crippen LogP contribution < -0.4 is 69.3 Å². The van der Waals surface area contributed by atoms with E-state index in [9.17, 15) is 19.8 Å². The van der Waals surface area contributed by atoms with Crippen molar-refractivity contribution in [3.8, 4) is 0 Å². The molecule has 1 heterocycles. The molecule has 1 aromatic rings. The smallest absolute Gasteiger partial charge is 0.548 e. The molecule has 0 aliphatic heterocycles. The second-order valence-electron chi connectivity index (χ2n) is 5.16. The molecular formula is C16H21N3Na2O4S2. The van der Waals surface area contributed by atoms with Crippen molar-refractivity contribution in [2.75, 3.05) is 24.0 Å². The van der Waals surface area contributed by atoms with Crippen LogP contribution in [0.4, 0.5) is 0 Å². The topological polar surface area (TPSA) is 121 Å². The number of aliphatic imine (C=N–C) groups is 2. The third-order valence-corrected chi connectivity index (χ3v) is 4.54. The minimum absolute atomic E-state index is 0. The molecule has 0 saturated carbocycles. The molecule has 2 atom stereocenters. The number of aliphatic carboxylic acids is 2. The van der Waals surface area contributed by atoms with Gasteiger partial charge in [-0.1, -0.05) is 0 Å². The number of carboxylic acids is 2. The van der Waals surface area contributed by atoms with E-state index in [0.29, 0.717) is 35.7 Å². The second-order valence-corrected chi connectivity index (χ2v) is 7.13. The van der Waals surface area contributed by atoms with E-state index in [1.54, 1.807) is 35.7 Å². The minimum Gasteiger partial charge on any atom is -0.548 e. The number of hydrogen-bond donors (Lipinski definition) is 1. The molecule has 0 amide bonds. The zero-order valence-electron chi connectivity index (χ0n) is 16.1. The summed E-state index contributed by atoms with van der Waals surface area (Å²) in [5.41, 5.74) is 1.21. The van der Waals surface area contributed by atoms with Crippen LogP contribution in [0.1, 0.15) is 24.2 Å². The van der Waals surface area contributed by atoms with E-state index in [0.717, 1.165) is 0 Å². The molecule has 0 radical (unpaired) electrons. The Hall–Kier alpha value is 0.260. The second kappa shape index (κ2) is 17.1. The van der Waals surface area contributed by atoms with Crippen LogP contribution in [-0.2, 0) is 9.59 Å². The first-order chi connectivity index (χ1) is 12.0. The molecule has 138 valence electrons. The Bertz CT molecular complexity index is 576. The quantitative estimate of drug-likeness (QED) is 0.261. The first-order valence-corrected chi connectivity index (χ1v) is 10.4. The van der Waals surface area contributed by atoms with E-state index in [-0.39, 0.29) is 59.1 Å². The maximum Gasteiger partial charge on any atom is 1.00 e. The van der Waals surface area contributed by atoms with Crippen LogP contribution in [-0.4, -0.2) is 65.5 Å². The van der Waals surface area contributed by atoms with Gasteiger partial charge >= 0.3 is 59.1 Å². The summed E-state index contributed by atoms with van der Waals surface area (Å²) < 4.78 is 0. The van der Waals surface area contributed by atoms with Crippen LogP contribution in [0.15, 0.2) is 22.1 Å². The Morgan fingerprint density at radius 2 is 1.33 bits per heavy atom. The minimum atomic E-state index is -1.20. The fourth-order valence-corrected chi connectivity index (χ4v) is 2.80. The first-order valence-electron chi connectivity index (χ1n) is 7.63. The maximum atomic E-state index is 11.0. The van der Waals surface area contributed by atoms with Crippen LogP contribution in [0.5, 0.6) is 0 Å². The number of nitrogens with one attached hydrogen (secondary N) is 1. The van der Waals surface area contributed by atoms with Gasteiger partial charge in [0.1, 0.15) is 0 Å². The molecule has 7 nitrogen and oxygen atoms in total. The zero-order valence-corrected chi connectivity index (χ0v) is 21.8. The average Bonchev–Trinajstić information content (AvgIpc) is 3.02. The largest absolute Gasteiger partial charge is 1.00 e. The monoisotopic (exact) mass is 429 g/mol. The van der Waals surface area contributed by atoms with Crippen LogP contribution in [0.25, 0.3) is 0 Å². The van der Waals surface area contributed by atoms with E-state index in [4.69, 9.17) is 0 Å². The molecule has 0 spiro atoms. The third kappa shape index (κ3) is 12.4. The predicted molar refractivity (Wildman–Crippen MR) is 99.6 cm³/mol. The maximum absolute atomic E-state index is 11.0. The number of hydrogen-bond acceptors (Lipinski definition) is 8. The van der Waals surface area contributed by atoms with E-state index in [2.05, 4.69) is 15.0 Å². The number of carboxylic acid groups (broad SMARTS) is 2. The normalized spacial score (nSPS) is 13.1. The summed E-state index contributed by atoms with van der Waals surface area (Å²) in [6.07, 6.45) is 7.46. The van der Waals surface area contributed by atoms with Crippen molar-refractivity contribution in [1.29, 1.82) is 0 Å². The van der Waals surface area contributed by atoms with E-state index >= 15 is 0 Å². The van der Waals surface area contributed by atoms with Crippen molar-refractivity contribution in [3.63, 3.8) is 0 Å². The number of H-pyrrole nitrogens is 1. The van der Waals surface area contributed by atoms with Gasteiger partial charge in [-0.2, -0.15) is 23.5 Å². The summed E-state index contributed by atoms with van der Waals surface area (Å²) in [5.74, 6) is -1.05. The fraction of sp³-hybridized carbons (Fsp3) is 0.500. The molecule has 1 rings (SSSR count). The van der Waals surface area contributed by atoms with Gasteiger partial charge in [0.2, 0.25) is 0 Å². The van der Waals surface area contributed by atoms with Gasteiger partial charge in [-0.15, -0.1) is 0 Å². The Balaban J connectivity index is 0. The molecule has 0 aliphatic rings. The van der Waals surface area contributed by atoms with Gasteiger partial charge in [-0.3, -0.25) is 9.98 Å². The molecule has 11 heteroatoms. The zero-order chi connectivity index (χ0) is 18.7. The van der Waals surface area contributed by atoms with Gasteiger partial charge in [0, 0.05) is 12.4 Å². The molecule has 0 bridgehead atoms. The number of thioether (sulfide) groups is 2. The van der Waals surface area contributed by atoms with E-state index in [1.807, 2.05) is 12.5 Å². The molecule has 0 aliphatic carbocycles. The van der Waals surface area contributed by atoms with Gasteiger partial charge in [0.15, 0.2) is 0 Å². The number of nitrogens with zero attached hydrogens (tertiary/aromatic N) is 2. The molecule has 0 aromatic carbocycles. The molecule has 27 heavy (non-hydrogen) atoms. The third-order valence-electron chi connectivity index (χ3n) is 3.25. The number of carbonyl (C=O) groups excluding carboxylic acids is 2. The van der Waals surface area contributed by atoms with Gasteiger partial charge < -0.3 is 24.8 Å². The number of aromatic amines is 1. The molecule has 1 N–H and O–H groups in total. The van der Waals surface area contributed by atoms with Crippen LogP contribution in [0.2, 0.25) is 0 Å². The van der Waals surface area contributed by atoms with Crippen molar-refractivity contribution in [1.82, 2.24) is 4.98 Å². The van der Waals surface area contributed by atoms with Crippen molar-refractivity contribution in [2.45, 2.75) is 24.9 Å². The van der Waals surface area contributed by atoms with E-state index < -0.39 is 24.0 Å². The predicted octanol–water partition coefficient (Wildman–Crippen LogP) is -6.40. The number of aromatic nitrogens is 1. The molecule has 1 aromatic heterocycles. The number of carbonyl (C=O) groups is 2. The summed E-state index contributed by atoms with van der Waals surface area (Å²) in [7, 11) is 0. The number of rotatable bonds is 12. The van der Waals surface area contributed by atoms with Crippen molar-refractivity contribution in [3.05, 3.63) is 23.5 Å². The van der Waals surface area contributed by atoms with Crippen LogP contribution >= 0.6 is 23.5 Å². The summed E-state index contributed by atoms with van der Waals surface area (Å²) in [5, 5.41) is 22.1. The molecule has 0 fully saturated rings. The average molecular weight is 429 g/mol. The Morgan fingerprint density at radius 3 is 1.63 bits per heavy atom. The molecular weight excluding hydrogens is 408 g/mol. The SMILES string of the molecule is CSCC[C@H](N=Cc1ccc(C=N[C@@H](CCSC)C(=O)[O-])[nH]1)C(=O)[O-].[Na+].[Na+]. The van der Waals surface area contributed by atoms with Gasteiger partial charge in [-0.05, 0) is 49.0 Å². The summed E-state index contributed by atoms with van der Waals surface area (Å²) in [4.78, 5) is 33.1. The Kier molecular flexibility index (Phi) is 18.7. The fourth-order valence-electron chi connectivity index (χ4n) is 1.89. The van der Waals surface area contributed by atoms with Gasteiger partial charge in [-0.25, -0.2) is 0 Å². The summed E-state index contributed by atoms with van der Waals surface area (Å²) in [6.45, 7) is 0. The van der Waals surface area contributed by atoms with Crippen LogP contribution in [0.3, 0.4) is 0 Å². The van der Waals surface area contributed by atoms with Crippen molar-refractivity contribution >= 4 is 47.9 Å².